The lowest BCUT2D eigenvalue weighted by molar-refractivity contribution is -0.129. The average Bonchev–Trinajstić information content (AvgIpc) is 2.38. The Hall–Kier alpha value is -0.220. The van der Waals surface area contributed by atoms with E-state index in [4.69, 9.17) is 5.11 Å². The van der Waals surface area contributed by atoms with Crippen molar-refractivity contribution < 1.29 is 9.90 Å². The van der Waals surface area contributed by atoms with E-state index >= 15 is 0 Å². The van der Waals surface area contributed by atoms with Gasteiger partial charge in [0.05, 0.1) is 5.75 Å². The van der Waals surface area contributed by atoms with Gasteiger partial charge >= 0.3 is 0 Å². The zero-order chi connectivity index (χ0) is 12.3. The number of aliphatic hydroxyl groups is 1. The molecule has 1 aliphatic heterocycles. The molecule has 4 heteroatoms. The van der Waals surface area contributed by atoms with Crippen molar-refractivity contribution in [3.8, 4) is 0 Å². The number of thioether (sulfide) groups is 1. The van der Waals surface area contributed by atoms with Gasteiger partial charge in [0.25, 0.3) is 0 Å². The summed E-state index contributed by atoms with van der Waals surface area (Å²) in [6.07, 6.45) is 7.99. The number of hydrogen-bond acceptors (Lipinski definition) is 3. The van der Waals surface area contributed by atoms with Gasteiger partial charge in [0.15, 0.2) is 0 Å². The smallest absolute Gasteiger partial charge is 0.232 e. The zero-order valence-electron chi connectivity index (χ0n) is 10.7. The Balaban J connectivity index is 1.92. The van der Waals surface area contributed by atoms with Crippen LogP contribution in [-0.4, -0.2) is 47.1 Å². The van der Waals surface area contributed by atoms with Crippen molar-refractivity contribution in [2.24, 2.45) is 0 Å². The Morgan fingerprint density at radius 2 is 1.76 bits per heavy atom. The summed E-state index contributed by atoms with van der Waals surface area (Å²) >= 11 is 1.76. The first kappa shape index (κ1) is 14.8. The summed E-state index contributed by atoms with van der Waals surface area (Å²) in [6, 6.07) is 0. The first-order valence-electron chi connectivity index (χ1n) is 6.81. The first-order chi connectivity index (χ1) is 8.34. The monoisotopic (exact) mass is 259 g/mol. The van der Waals surface area contributed by atoms with E-state index in [1.807, 2.05) is 4.90 Å². The molecule has 1 amide bonds. The molecule has 0 aromatic carbocycles. The predicted molar refractivity (Wildman–Crippen MR) is 73.3 cm³/mol. The molecule has 1 aliphatic rings. The molecule has 0 aliphatic carbocycles. The molecule has 1 saturated heterocycles. The van der Waals surface area contributed by atoms with Crippen molar-refractivity contribution >= 4 is 17.7 Å². The third kappa shape index (κ3) is 6.94. The van der Waals surface area contributed by atoms with Gasteiger partial charge in [-0.05, 0) is 37.9 Å². The molecule has 100 valence electrons. The van der Waals surface area contributed by atoms with Crippen molar-refractivity contribution in [2.75, 3.05) is 31.2 Å². The van der Waals surface area contributed by atoms with Gasteiger partial charge in [0.1, 0.15) is 0 Å². The Labute approximate surface area is 109 Å². The molecule has 0 saturated carbocycles. The standard InChI is InChI=1S/C13H25NO2S/c15-10-6-1-2-7-11-17-12-13(16)14-8-4-3-5-9-14/h15H,1-12H2. The fourth-order valence-electron chi connectivity index (χ4n) is 2.06. The lowest BCUT2D eigenvalue weighted by Crippen LogP contribution is -2.36. The van der Waals surface area contributed by atoms with Crippen LogP contribution in [0.5, 0.6) is 0 Å². The van der Waals surface area contributed by atoms with Gasteiger partial charge in [-0.2, -0.15) is 11.8 Å². The van der Waals surface area contributed by atoms with Crippen molar-refractivity contribution in [2.45, 2.75) is 44.9 Å². The molecule has 17 heavy (non-hydrogen) atoms. The molecular weight excluding hydrogens is 234 g/mol. The van der Waals surface area contributed by atoms with Crippen molar-refractivity contribution in [3.05, 3.63) is 0 Å². The maximum Gasteiger partial charge on any atom is 0.232 e. The number of carbonyl (C=O) groups excluding carboxylic acids is 1. The van der Waals surface area contributed by atoms with E-state index in [1.54, 1.807) is 11.8 Å². The normalized spacial score (nSPS) is 16.2. The van der Waals surface area contributed by atoms with Crippen LogP contribution < -0.4 is 0 Å². The van der Waals surface area contributed by atoms with Gasteiger partial charge in [-0.3, -0.25) is 4.79 Å². The number of likely N-dealkylation sites (tertiary alicyclic amines) is 1. The lowest BCUT2D eigenvalue weighted by Gasteiger charge is -2.26. The van der Waals surface area contributed by atoms with E-state index < -0.39 is 0 Å². The third-order valence-corrected chi connectivity index (χ3v) is 4.16. The van der Waals surface area contributed by atoms with Gasteiger partial charge in [-0.15, -0.1) is 0 Å². The molecule has 0 aromatic heterocycles. The van der Waals surface area contributed by atoms with Crippen LogP contribution in [0.2, 0.25) is 0 Å². The fraction of sp³-hybridized carbons (Fsp3) is 0.923. The second-order valence-electron chi connectivity index (χ2n) is 4.63. The van der Waals surface area contributed by atoms with Crippen LogP contribution in [0.25, 0.3) is 0 Å². The molecule has 0 bridgehead atoms. The molecule has 0 radical (unpaired) electrons. The Kier molecular flexibility index (Phi) is 8.53. The van der Waals surface area contributed by atoms with Crippen molar-refractivity contribution in [1.82, 2.24) is 4.90 Å². The van der Waals surface area contributed by atoms with Gasteiger partial charge in [0, 0.05) is 19.7 Å². The van der Waals surface area contributed by atoms with E-state index in [2.05, 4.69) is 0 Å². The van der Waals surface area contributed by atoms with Crippen LogP contribution in [0.4, 0.5) is 0 Å². The van der Waals surface area contributed by atoms with Gasteiger partial charge in [0.2, 0.25) is 5.91 Å². The number of unbranched alkanes of at least 4 members (excludes halogenated alkanes) is 3. The van der Waals surface area contributed by atoms with E-state index in [9.17, 15) is 4.79 Å². The van der Waals surface area contributed by atoms with Gasteiger partial charge in [-0.1, -0.05) is 12.8 Å². The number of aliphatic hydroxyl groups excluding tert-OH is 1. The average molecular weight is 259 g/mol. The maximum absolute atomic E-state index is 11.8. The molecule has 0 aromatic rings. The fourth-order valence-corrected chi connectivity index (χ4v) is 2.97. The molecule has 3 nitrogen and oxygen atoms in total. The van der Waals surface area contributed by atoms with Crippen molar-refractivity contribution in [1.29, 1.82) is 0 Å². The van der Waals surface area contributed by atoms with Crippen LogP contribution in [0.3, 0.4) is 0 Å². The van der Waals surface area contributed by atoms with E-state index in [0.29, 0.717) is 18.3 Å². The molecular formula is C13H25NO2S. The Morgan fingerprint density at radius 1 is 1.06 bits per heavy atom. The highest BCUT2D eigenvalue weighted by molar-refractivity contribution is 7.99. The minimum absolute atomic E-state index is 0.306. The highest BCUT2D eigenvalue weighted by atomic mass is 32.2. The van der Waals surface area contributed by atoms with Crippen molar-refractivity contribution in [3.63, 3.8) is 0 Å². The van der Waals surface area contributed by atoms with Crippen LogP contribution in [0.1, 0.15) is 44.9 Å². The maximum atomic E-state index is 11.8. The molecule has 1 N–H and O–H groups in total. The number of hydrogen-bond donors (Lipinski definition) is 1. The Morgan fingerprint density at radius 3 is 2.47 bits per heavy atom. The van der Waals surface area contributed by atoms with Gasteiger partial charge in [-0.25, -0.2) is 0 Å². The van der Waals surface area contributed by atoms with E-state index in [-0.39, 0.29) is 0 Å². The predicted octanol–water partition coefficient (Wildman–Crippen LogP) is 2.28. The molecule has 1 fully saturated rings. The number of rotatable bonds is 8. The minimum Gasteiger partial charge on any atom is -0.396 e. The zero-order valence-corrected chi connectivity index (χ0v) is 11.5. The Bertz CT molecular complexity index is 206. The van der Waals surface area contributed by atoms with E-state index in [1.165, 1.54) is 25.7 Å². The van der Waals surface area contributed by atoms with E-state index in [0.717, 1.165) is 38.1 Å². The number of piperidine rings is 1. The summed E-state index contributed by atoms with van der Waals surface area (Å²) < 4.78 is 0. The topological polar surface area (TPSA) is 40.5 Å². The van der Waals surface area contributed by atoms with Gasteiger partial charge < -0.3 is 10.0 Å². The molecule has 0 atom stereocenters. The molecule has 1 rings (SSSR count). The second-order valence-corrected chi connectivity index (χ2v) is 5.74. The summed E-state index contributed by atoms with van der Waals surface area (Å²) in [4.78, 5) is 13.8. The summed E-state index contributed by atoms with van der Waals surface area (Å²) in [5.74, 6) is 2.05. The van der Waals surface area contributed by atoms with Crippen LogP contribution in [0, 0.1) is 0 Å². The number of carbonyl (C=O) groups is 1. The van der Waals surface area contributed by atoms with Crippen LogP contribution in [-0.2, 0) is 4.79 Å². The lowest BCUT2D eigenvalue weighted by atomic mass is 10.1. The molecule has 0 unspecified atom stereocenters. The van der Waals surface area contributed by atoms with Crippen LogP contribution in [0.15, 0.2) is 0 Å². The second kappa shape index (κ2) is 9.77. The summed E-state index contributed by atoms with van der Waals surface area (Å²) in [5.41, 5.74) is 0. The first-order valence-corrected chi connectivity index (χ1v) is 7.96. The summed E-state index contributed by atoms with van der Waals surface area (Å²) in [6.45, 7) is 2.24. The highest BCUT2D eigenvalue weighted by Gasteiger charge is 2.15. The quantitative estimate of drug-likeness (QED) is 0.680. The number of amides is 1. The number of nitrogens with zero attached hydrogens (tertiary/aromatic N) is 1. The largest absolute Gasteiger partial charge is 0.396 e. The SMILES string of the molecule is O=C(CSCCCCCCO)N1CCCCC1. The minimum atomic E-state index is 0.306. The highest BCUT2D eigenvalue weighted by Crippen LogP contribution is 2.12. The third-order valence-electron chi connectivity index (χ3n) is 3.13. The van der Waals surface area contributed by atoms with Crippen LogP contribution >= 0.6 is 11.8 Å². The summed E-state index contributed by atoms with van der Waals surface area (Å²) in [5, 5.41) is 8.63. The molecule has 1 heterocycles. The molecule has 0 spiro atoms. The summed E-state index contributed by atoms with van der Waals surface area (Å²) in [7, 11) is 0.